The third-order valence-corrected chi connectivity index (χ3v) is 4.15. The molecule has 1 aromatic carbocycles. The van der Waals surface area contributed by atoms with Gasteiger partial charge >= 0.3 is 5.97 Å². The smallest absolute Gasteiger partial charge is 0.315 e. The Kier molecular flexibility index (Phi) is 4.83. The van der Waals surface area contributed by atoms with Gasteiger partial charge in [0.1, 0.15) is 5.41 Å². The number of rotatable bonds is 6. The van der Waals surface area contributed by atoms with Crippen LogP contribution in [0.25, 0.3) is 0 Å². The molecule has 122 valence electrons. The minimum atomic E-state index is -1.15. The summed E-state index contributed by atoms with van der Waals surface area (Å²) in [6.45, 7) is 3.58. The molecule has 1 aromatic heterocycles. The molecule has 2 aromatic rings. The van der Waals surface area contributed by atoms with Crippen LogP contribution in [0.5, 0.6) is 0 Å². The molecule has 1 atom stereocenters. The molecule has 1 amide bonds. The number of carboxylic acids is 1. The molecule has 0 bridgehead atoms. The largest absolute Gasteiger partial charge is 0.481 e. The van der Waals surface area contributed by atoms with Crippen molar-refractivity contribution in [3.05, 3.63) is 53.3 Å². The maximum absolute atomic E-state index is 12.3. The van der Waals surface area contributed by atoms with Gasteiger partial charge in [0.25, 0.3) is 5.91 Å². The Morgan fingerprint density at radius 3 is 2.43 bits per heavy atom. The quantitative estimate of drug-likeness (QED) is 0.852. The molecule has 2 N–H and O–H groups in total. The van der Waals surface area contributed by atoms with Gasteiger partial charge in [0, 0.05) is 19.8 Å². The number of carbonyl (C=O) groups is 2. The molecule has 0 aliphatic rings. The second-order valence-corrected chi connectivity index (χ2v) is 5.59. The van der Waals surface area contributed by atoms with Crippen LogP contribution in [0.3, 0.4) is 0 Å². The molecule has 1 unspecified atom stereocenters. The maximum atomic E-state index is 12.3. The number of hydrogen-bond acceptors (Lipinski definition) is 3. The first-order valence-electron chi connectivity index (χ1n) is 7.48. The van der Waals surface area contributed by atoms with E-state index < -0.39 is 11.4 Å². The van der Waals surface area contributed by atoms with Crippen molar-refractivity contribution in [2.75, 3.05) is 6.54 Å². The molecule has 1 heterocycles. The first-order valence-corrected chi connectivity index (χ1v) is 7.48. The molecule has 2 rings (SSSR count). The zero-order chi connectivity index (χ0) is 17.0. The molecule has 0 fully saturated rings. The summed E-state index contributed by atoms with van der Waals surface area (Å²) < 4.78 is 1.56. The minimum Gasteiger partial charge on any atom is -0.481 e. The summed E-state index contributed by atoms with van der Waals surface area (Å²) in [7, 11) is 1.74. The van der Waals surface area contributed by atoms with Gasteiger partial charge in [-0.05, 0) is 18.9 Å². The molecule has 0 aliphatic heterocycles. The van der Waals surface area contributed by atoms with E-state index in [0.29, 0.717) is 23.2 Å². The number of aryl methyl sites for hydroxylation is 2. The lowest BCUT2D eigenvalue weighted by Crippen LogP contribution is -2.46. The van der Waals surface area contributed by atoms with E-state index in [4.69, 9.17) is 0 Å². The maximum Gasteiger partial charge on any atom is 0.315 e. The van der Waals surface area contributed by atoms with Gasteiger partial charge < -0.3 is 10.4 Å². The minimum absolute atomic E-state index is 0.0238. The van der Waals surface area contributed by atoms with E-state index >= 15 is 0 Å². The van der Waals surface area contributed by atoms with Crippen molar-refractivity contribution in [1.29, 1.82) is 0 Å². The third-order valence-electron chi connectivity index (χ3n) is 4.15. The van der Waals surface area contributed by atoms with E-state index in [-0.39, 0.29) is 12.5 Å². The van der Waals surface area contributed by atoms with Gasteiger partial charge in [0.05, 0.1) is 11.3 Å². The van der Waals surface area contributed by atoms with E-state index in [1.807, 2.05) is 13.0 Å². The van der Waals surface area contributed by atoms with E-state index in [0.717, 1.165) is 0 Å². The molecule has 6 nitrogen and oxygen atoms in total. The lowest BCUT2D eigenvalue weighted by Gasteiger charge is -2.29. The average molecular weight is 315 g/mol. The highest BCUT2D eigenvalue weighted by atomic mass is 16.4. The molecule has 0 saturated carbocycles. The van der Waals surface area contributed by atoms with E-state index in [1.165, 1.54) is 0 Å². The number of carboxylic acid groups (broad SMARTS) is 1. The Morgan fingerprint density at radius 1 is 1.30 bits per heavy atom. The lowest BCUT2D eigenvalue weighted by molar-refractivity contribution is -0.143. The molecule has 0 radical (unpaired) electrons. The van der Waals surface area contributed by atoms with Crippen molar-refractivity contribution in [3.8, 4) is 0 Å². The fraction of sp³-hybridized carbons (Fsp3) is 0.353. The molecule has 0 aliphatic carbocycles. The SMILES string of the molecule is CCC(CNC(=O)c1cn(C)nc1C)(C(=O)O)c1ccccc1. The number of carbonyl (C=O) groups excluding carboxylic acids is 1. The topological polar surface area (TPSA) is 84.2 Å². The van der Waals surface area contributed by atoms with Crippen LogP contribution in [-0.2, 0) is 17.3 Å². The van der Waals surface area contributed by atoms with E-state index in [9.17, 15) is 14.7 Å². The van der Waals surface area contributed by atoms with Crippen LogP contribution in [0.2, 0.25) is 0 Å². The average Bonchev–Trinajstić information content (AvgIpc) is 2.87. The molecule has 23 heavy (non-hydrogen) atoms. The van der Waals surface area contributed by atoms with Crippen molar-refractivity contribution in [1.82, 2.24) is 15.1 Å². The normalized spacial score (nSPS) is 13.3. The number of hydrogen-bond donors (Lipinski definition) is 2. The number of aliphatic carboxylic acids is 1. The fourth-order valence-corrected chi connectivity index (χ4v) is 2.69. The van der Waals surface area contributed by atoms with Gasteiger partial charge in [0.2, 0.25) is 0 Å². The Balaban J connectivity index is 2.24. The van der Waals surface area contributed by atoms with Crippen LogP contribution in [-0.4, -0.2) is 33.3 Å². The summed E-state index contributed by atoms with van der Waals surface area (Å²) in [6, 6.07) is 8.99. The second kappa shape index (κ2) is 6.64. The number of nitrogens with zero attached hydrogens (tertiary/aromatic N) is 2. The summed E-state index contributed by atoms with van der Waals surface area (Å²) in [4.78, 5) is 24.2. The van der Waals surface area contributed by atoms with Crippen LogP contribution in [0.15, 0.2) is 36.5 Å². The number of benzene rings is 1. The second-order valence-electron chi connectivity index (χ2n) is 5.59. The highest BCUT2D eigenvalue weighted by Crippen LogP contribution is 2.28. The monoisotopic (exact) mass is 315 g/mol. The Morgan fingerprint density at radius 2 is 1.96 bits per heavy atom. The van der Waals surface area contributed by atoms with Gasteiger partial charge in [-0.15, -0.1) is 0 Å². The summed E-state index contributed by atoms with van der Waals surface area (Å²) in [5, 5.41) is 16.6. The van der Waals surface area contributed by atoms with Gasteiger partial charge in [0.15, 0.2) is 0 Å². The Hall–Kier alpha value is -2.63. The molecule has 6 heteroatoms. The molecular weight excluding hydrogens is 294 g/mol. The highest BCUT2D eigenvalue weighted by Gasteiger charge is 2.39. The molecule has 0 saturated heterocycles. The van der Waals surface area contributed by atoms with Crippen LogP contribution in [0.1, 0.15) is 35.0 Å². The number of amides is 1. The zero-order valence-electron chi connectivity index (χ0n) is 13.5. The highest BCUT2D eigenvalue weighted by molar-refractivity contribution is 5.95. The summed E-state index contributed by atoms with van der Waals surface area (Å²) in [6.07, 6.45) is 2.00. The van der Waals surface area contributed by atoms with Crippen LogP contribution < -0.4 is 5.32 Å². The zero-order valence-corrected chi connectivity index (χ0v) is 13.5. The first-order chi connectivity index (χ1) is 10.9. The van der Waals surface area contributed by atoms with Crippen LogP contribution in [0, 0.1) is 6.92 Å². The summed E-state index contributed by atoms with van der Waals surface area (Å²) in [5.74, 6) is -1.26. The van der Waals surface area contributed by atoms with E-state index in [2.05, 4.69) is 10.4 Å². The predicted molar refractivity (Wildman–Crippen MR) is 86.3 cm³/mol. The first kappa shape index (κ1) is 16.7. The van der Waals surface area contributed by atoms with Crippen LogP contribution in [0.4, 0.5) is 0 Å². The summed E-state index contributed by atoms with van der Waals surface area (Å²) >= 11 is 0. The number of aromatic nitrogens is 2. The van der Waals surface area contributed by atoms with Crippen molar-refractivity contribution >= 4 is 11.9 Å². The van der Waals surface area contributed by atoms with Gasteiger partial charge in [-0.3, -0.25) is 14.3 Å². The standard InChI is InChI=1S/C17H21N3O3/c1-4-17(16(22)23,13-8-6-5-7-9-13)11-18-15(21)14-10-20(3)19-12(14)2/h5-10H,4,11H2,1-3H3,(H,18,21)(H,22,23). The molecule has 0 spiro atoms. The molecular formula is C17H21N3O3. The van der Waals surface area contributed by atoms with E-state index in [1.54, 1.807) is 49.1 Å². The van der Waals surface area contributed by atoms with Gasteiger partial charge in [-0.2, -0.15) is 5.10 Å². The van der Waals surface area contributed by atoms with Crippen LogP contribution >= 0.6 is 0 Å². The summed E-state index contributed by atoms with van der Waals surface area (Å²) in [5.41, 5.74) is 0.601. The van der Waals surface area contributed by atoms with Gasteiger partial charge in [-0.25, -0.2) is 0 Å². The third kappa shape index (κ3) is 3.26. The lowest BCUT2D eigenvalue weighted by atomic mass is 9.78. The van der Waals surface area contributed by atoms with Gasteiger partial charge in [-0.1, -0.05) is 37.3 Å². The van der Waals surface area contributed by atoms with Crippen molar-refractivity contribution in [2.45, 2.75) is 25.7 Å². The fourth-order valence-electron chi connectivity index (χ4n) is 2.69. The number of nitrogens with one attached hydrogen (secondary N) is 1. The Labute approximate surface area is 135 Å². The van der Waals surface area contributed by atoms with Crippen molar-refractivity contribution in [3.63, 3.8) is 0 Å². The predicted octanol–water partition coefficient (Wildman–Crippen LogP) is 1.89. The van der Waals surface area contributed by atoms with Crippen molar-refractivity contribution < 1.29 is 14.7 Å². The Bertz CT molecular complexity index is 709. The van der Waals surface area contributed by atoms with Crippen molar-refractivity contribution in [2.24, 2.45) is 7.05 Å².